The standard InChI is InChI=1S/C5H10FNO2/c6-3-1-2-4(8)7-5(3)9/h3-5,7-9H,1-2H2. The van der Waals surface area contributed by atoms with Gasteiger partial charge in [0.05, 0.1) is 0 Å². The number of halogens is 1. The molecule has 3 atom stereocenters. The molecule has 4 heteroatoms. The summed E-state index contributed by atoms with van der Waals surface area (Å²) in [5.41, 5.74) is 0. The van der Waals surface area contributed by atoms with E-state index in [-0.39, 0.29) is 6.42 Å². The Labute approximate surface area is 52.5 Å². The van der Waals surface area contributed by atoms with Crippen molar-refractivity contribution < 1.29 is 14.6 Å². The van der Waals surface area contributed by atoms with Gasteiger partial charge in [0.15, 0.2) is 0 Å². The minimum absolute atomic E-state index is 0.231. The highest BCUT2D eigenvalue weighted by Gasteiger charge is 2.26. The second-order valence-corrected chi connectivity index (χ2v) is 2.22. The third-order valence-corrected chi connectivity index (χ3v) is 1.42. The number of rotatable bonds is 0. The van der Waals surface area contributed by atoms with Crippen molar-refractivity contribution in [2.24, 2.45) is 0 Å². The van der Waals surface area contributed by atoms with Gasteiger partial charge in [-0.25, -0.2) is 4.39 Å². The first-order valence-electron chi connectivity index (χ1n) is 2.96. The summed E-state index contributed by atoms with van der Waals surface area (Å²) in [4.78, 5) is 0. The van der Waals surface area contributed by atoms with E-state index in [2.05, 4.69) is 5.32 Å². The average molecular weight is 135 g/mol. The zero-order valence-corrected chi connectivity index (χ0v) is 4.92. The van der Waals surface area contributed by atoms with E-state index in [4.69, 9.17) is 10.2 Å². The van der Waals surface area contributed by atoms with Gasteiger partial charge in [0, 0.05) is 0 Å². The topological polar surface area (TPSA) is 52.5 Å². The molecule has 0 aromatic carbocycles. The largest absolute Gasteiger partial charge is 0.379 e. The molecule has 0 aliphatic carbocycles. The third kappa shape index (κ3) is 1.61. The molecule has 0 saturated carbocycles. The predicted octanol–water partition coefficient (Wildman–Crippen LogP) is -0.655. The lowest BCUT2D eigenvalue weighted by atomic mass is 10.1. The summed E-state index contributed by atoms with van der Waals surface area (Å²) in [6.45, 7) is 0. The molecule has 1 aliphatic rings. The Bertz CT molecular complexity index is 101. The molecule has 9 heavy (non-hydrogen) atoms. The summed E-state index contributed by atoms with van der Waals surface area (Å²) >= 11 is 0. The van der Waals surface area contributed by atoms with Crippen LogP contribution in [0.25, 0.3) is 0 Å². The molecule has 0 aromatic rings. The zero-order valence-electron chi connectivity index (χ0n) is 4.92. The highest BCUT2D eigenvalue weighted by atomic mass is 19.1. The van der Waals surface area contributed by atoms with Crippen molar-refractivity contribution in [3.63, 3.8) is 0 Å². The highest BCUT2D eigenvalue weighted by Crippen LogP contribution is 2.12. The molecule has 1 rings (SSSR count). The van der Waals surface area contributed by atoms with Crippen molar-refractivity contribution in [1.29, 1.82) is 0 Å². The van der Waals surface area contributed by atoms with Gasteiger partial charge in [-0.1, -0.05) is 0 Å². The Morgan fingerprint density at radius 3 is 2.44 bits per heavy atom. The normalized spacial score (nSPS) is 45.0. The number of nitrogens with one attached hydrogen (secondary N) is 1. The van der Waals surface area contributed by atoms with Crippen LogP contribution in [0, 0.1) is 0 Å². The van der Waals surface area contributed by atoms with Crippen LogP contribution in [-0.2, 0) is 0 Å². The average Bonchev–Trinajstić information content (AvgIpc) is 1.80. The van der Waals surface area contributed by atoms with Crippen LogP contribution in [0.4, 0.5) is 4.39 Å². The maximum atomic E-state index is 12.3. The second kappa shape index (κ2) is 2.60. The van der Waals surface area contributed by atoms with Crippen molar-refractivity contribution in [3.8, 4) is 0 Å². The first-order chi connectivity index (χ1) is 4.20. The summed E-state index contributed by atoms with van der Waals surface area (Å²) in [5, 5.41) is 19.7. The molecule has 1 aliphatic heterocycles. The molecule has 1 fully saturated rings. The van der Waals surface area contributed by atoms with Crippen molar-refractivity contribution in [1.82, 2.24) is 5.32 Å². The van der Waals surface area contributed by atoms with Crippen molar-refractivity contribution in [2.45, 2.75) is 31.5 Å². The van der Waals surface area contributed by atoms with E-state index in [1.54, 1.807) is 0 Å². The number of piperidine rings is 1. The molecule has 0 aromatic heterocycles. The second-order valence-electron chi connectivity index (χ2n) is 2.22. The number of alkyl halides is 1. The Balaban J connectivity index is 2.35. The minimum Gasteiger partial charge on any atom is -0.379 e. The van der Waals surface area contributed by atoms with Crippen LogP contribution in [0.15, 0.2) is 0 Å². The van der Waals surface area contributed by atoms with Crippen molar-refractivity contribution >= 4 is 0 Å². The van der Waals surface area contributed by atoms with Crippen LogP contribution < -0.4 is 5.32 Å². The smallest absolute Gasteiger partial charge is 0.139 e. The predicted molar refractivity (Wildman–Crippen MR) is 29.3 cm³/mol. The maximum Gasteiger partial charge on any atom is 0.139 e. The van der Waals surface area contributed by atoms with E-state index >= 15 is 0 Å². The molecule has 1 heterocycles. The van der Waals surface area contributed by atoms with Gasteiger partial charge < -0.3 is 10.2 Å². The molecule has 3 N–H and O–H groups in total. The van der Waals surface area contributed by atoms with Crippen LogP contribution in [-0.4, -0.2) is 28.8 Å². The van der Waals surface area contributed by atoms with Crippen molar-refractivity contribution in [2.75, 3.05) is 0 Å². The van der Waals surface area contributed by atoms with Crippen LogP contribution in [0.3, 0.4) is 0 Å². The first-order valence-corrected chi connectivity index (χ1v) is 2.96. The summed E-state index contributed by atoms with van der Waals surface area (Å²) in [7, 11) is 0. The number of hydrogen-bond donors (Lipinski definition) is 3. The highest BCUT2D eigenvalue weighted by molar-refractivity contribution is 4.74. The molecule has 1 saturated heterocycles. The zero-order chi connectivity index (χ0) is 6.85. The van der Waals surface area contributed by atoms with Gasteiger partial charge in [0.2, 0.25) is 0 Å². The van der Waals surface area contributed by atoms with E-state index in [0.29, 0.717) is 6.42 Å². The molecule has 0 spiro atoms. The van der Waals surface area contributed by atoms with Gasteiger partial charge in [0.1, 0.15) is 18.6 Å². The molecule has 0 bridgehead atoms. The molecule has 3 unspecified atom stereocenters. The SMILES string of the molecule is OC1CCC(F)C(O)N1. The number of aliphatic hydroxyl groups is 2. The molecular formula is C5H10FNO2. The maximum absolute atomic E-state index is 12.3. The Kier molecular flexibility index (Phi) is 2.00. The van der Waals surface area contributed by atoms with Gasteiger partial charge in [-0.15, -0.1) is 0 Å². The van der Waals surface area contributed by atoms with Crippen LogP contribution in [0.5, 0.6) is 0 Å². The molecule has 3 nitrogen and oxygen atoms in total. The molecule has 0 radical (unpaired) electrons. The number of aliphatic hydroxyl groups excluding tert-OH is 2. The van der Waals surface area contributed by atoms with E-state index in [1.807, 2.05) is 0 Å². The summed E-state index contributed by atoms with van der Waals surface area (Å²) < 4.78 is 12.3. The van der Waals surface area contributed by atoms with Crippen LogP contribution in [0.1, 0.15) is 12.8 Å². The van der Waals surface area contributed by atoms with Gasteiger partial charge in [-0.3, -0.25) is 5.32 Å². The first kappa shape index (κ1) is 6.92. The lowest BCUT2D eigenvalue weighted by Gasteiger charge is -2.26. The van der Waals surface area contributed by atoms with Gasteiger partial charge in [0.25, 0.3) is 0 Å². The van der Waals surface area contributed by atoms with E-state index in [1.165, 1.54) is 0 Å². The number of hydrogen-bond acceptors (Lipinski definition) is 3. The van der Waals surface area contributed by atoms with E-state index in [9.17, 15) is 4.39 Å². The fraction of sp³-hybridized carbons (Fsp3) is 1.00. The molecular weight excluding hydrogens is 125 g/mol. The lowest BCUT2D eigenvalue weighted by molar-refractivity contribution is -0.0442. The molecule has 0 amide bonds. The summed E-state index contributed by atoms with van der Waals surface area (Å²) in [6, 6.07) is 0. The molecule has 54 valence electrons. The van der Waals surface area contributed by atoms with E-state index < -0.39 is 18.6 Å². The Morgan fingerprint density at radius 1 is 1.33 bits per heavy atom. The van der Waals surface area contributed by atoms with Gasteiger partial charge in [-0.2, -0.15) is 0 Å². The van der Waals surface area contributed by atoms with Gasteiger partial charge >= 0.3 is 0 Å². The third-order valence-electron chi connectivity index (χ3n) is 1.42. The van der Waals surface area contributed by atoms with E-state index in [0.717, 1.165) is 0 Å². The fourth-order valence-corrected chi connectivity index (χ4v) is 0.860. The Morgan fingerprint density at radius 2 is 2.00 bits per heavy atom. The monoisotopic (exact) mass is 135 g/mol. The Hall–Kier alpha value is -0.190. The lowest BCUT2D eigenvalue weighted by Crippen LogP contribution is -2.48. The van der Waals surface area contributed by atoms with Crippen LogP contribution >= 0.6 is 0 Å². The summed E-state index contributed by atoms with van der Waals surface area (Å²) in [5.74, 6) is 0. The minimum atomic E-state index is -1.23. The quantitative estimate of drug-likeness (QED) is 0.413. The van der Waals surface area contributed by atoms with Crippen LogP contribution in [0.2, 0.25) is 0 Å². The van der Waals surface area contributed by atoms with Crippen molar-refractivity contribution in [3.05, 3.63) is 0 Å². The summed E-state index contributed by atoms with van der Waals surface area (Å²) in [6.07, 6.45) is -2.55. The fourth-order valence-electron chi connectivity index (χ4n) is 0.860. The van der Waals surface area contributed by atoms with Gasteiger partial charge in [-0.05, 0) is 12.8 Å².